The minimum Gasteiger partial charge on any atom is -0.342 e. The molecule has 1 saturated heterocycles. The van der Waals surface area contributed by atoms with Crippen molar-refractivity contribution in [2.45, 2.75) is 40.2 Å². The molecule has 0 saturated carbocycles. The van der Waals surface area contributed by atoms with Crippen molar-refractivity contribution in [3.8, 4) is 0 Å². The first-order valence-corrected chi connectivity index (χ1v) is 5.66. The topological polar surface area (TPSA) is 40.6 Å². The summed E-state index contributed by atoms with van der Waals surface area (Å²) in [6, 6.07) is 0. The third kappa shape index (κ3) is 2.06. The van der Waals surface area contributed by atoms with E-state index in [9.17, 15) is 9.59 Å². The van der Waals surface area contributed by atoms with E-state index in [1.165, 1.54) is 0 Å². The molecule has 0 unspecified atom stereocenters. The van der Waals surface area contributed by atoms with Gasteiger partial charge in [-0.2, -0.15) is 0 Å². The number of rotatable bonds is 0. The van der Waals surface area contributed by atoms with Crippen LogP contribution in [0.1, 0.15) is 34.6 Å². The maximum absolute atomic E-state index is 12.2. The smallest absolute Gasteiger partial charge is 0.247 e. The molecule has 0 aromatic rings. The van der Waals surface area contributed by atoms with Crippen molar-refractivity contribution in [3.05, 3.63) is 0 Å². The highest BCUT2D eigenvalue weighted by molar-refractivity contribution is 5.93. The average molecular weight is 226 g/mol. The van der Waals surface area contributed by atoms with Gasteiger partial charge >= 0.3 is 0 Å². The van der Waals surface area contributed by atoms with Crippen molar-refractivity contribution in [2.75, 3.05) is 20.1 Å². The maximum atomic E-state index is 12.2. The van der Waals surface area contributed by atoms with Crippen LogP contribution in [0, 0.1) is 5.41 Å². The molecule has 4 heteroatoms. The molecule has 1 heterocycles. The first-order valence-electron chi connectivity index (χ1n) is 5.66. The maximum Gasteiger partial charge on any atom is 0.247 e. The molecule has 0 aromatic heterocycles. The summed E-state index contributed by atoms with van der Waals surface area (Å²) >= 11 is 0. The SMILES string of the molecule is CN1CCN(C(=O)C(C)(C)C)C(C)(C)C1=O. The van der Waals surface area contributed by atoms with Gasteiger partial charge in [0, 0.05) is 25.6 Å². The minimum absolute atomic E-state index is 0.0105. The Balaban J connectivity index is 2.99. The lowest BCUT2D eigenvalue weighted by molar-refractivity contribution is -0.161. The quantitative estimate of drug-likeness (QED) is 0.621. The minimum atomic E-state index is -0.725. The van der Waals surface area contributed by atoms with E-state index in [4.69, 9.17) is 0 Å². The lowest BCUT2D eigenvalue weighted by Gasteiger charge is -2.46. The predicted octanol–water partition coefficient (Wildman–Crippen LogP) is 1.11. The summed E-state index contributed by atoms with van der Waals surface area (Å²) in [5.74, 6) is 0.0512. The fraction of sp³-hybridized carbons (Fsp3) is 0.833. The van der Waals surface area contributed by atoms with Gasteiger partial charge in [0.05, 0.1) is 0 Å². The monoisotopic (exact) mass is 226 g/mol. The van der Waals surface area contributed by atoms with Gasteiger partial charge in [-0.15, -0.1) is 0 Å². The van der Waals surface area contributed by atoms with Crippen LogP contribution in [0.4, 0.5) is 0 Å². The highest BCUT2D eigenvalue weighted by Gasteiger charge is 2.45. The molecule has 2 amide bonds. The second kappa shape index (κ2) is 3.75. The molecule has 0 radical (unpaired) electrons. The third-order valence-corrected chi connectivity index (χ3v) is 3.09. The van der Waals surface area contributed by atoms with E-state index in [1.54, 1.807) is 16.8 Å². The molecule has 0 aliphatic carbocycles. The lowest BCUT2D eigenvalue weighted by Crippen LogP contribution is -2.65. The van der Waals surface area contributed by atoms with E-state index in [0.29, 0.717) is 13.1 Å². The second-order valence-corrected chi connectivity index (χ2v) is 5.99. The van der Waals surface area contributed by atoms with Gasteiger partial charge in [-0.1, -0.05) is 20.8 Å². The normalized spacial score (nSPS) is 21.2. The highest BCUT2D eigenvalue weighted by atomic mass is 16.2. The number of hydrogen-bond acceptors (Lipinski definition) is 2. The molecule has 0 spiro atoms. The summed E-state index contributed by atoms with van der Waals surface area (Å²) in [7, 11) is 1.78. The fourth-order valence-electron chi connectivity index (χ4n) is 1.97. The van der Waals surface area contributed by atoms with Crippen LogP contribution in [-0.4, -0.2) is 47.3 Å². The van der Waals surface area contributed by atoms with Crippen LogP contribution in [0.5, 0.6) is 0 Å². The van der Waals surface area contributed by atoms with Crippen molar-refractivity contribution in [3.63, 3.8) is 0 Å². The van der Waals surface area contributed by atoms with E-state index < -0.39 is 11.0 Å². The van der Waals surface area contributed by atoms with Crippen LogP contribution in [-0.2, 0) is 9.59 Å². The van der Waals surface area contributed by atoms with E-state index in [1.807, 2.05) is 34.6 Å². The molecule has 0 atom stereocenters. The van der Waals surface area contributed by atoms with Crippen molar-refractivity contribution in [1.29, 1.82) is 0 Å². The Kier molecular flexibility index (Phi) is 3.05. The van der Waals surface area contributed by atoms with E-state index >= 15 is 0 Å². The van der Waals surface area contributed by atoms with Gasteiger partial charge < -0.3 is 9.80 Å². The van der Waals surface area contributed by atoms with E-state index in [-0.39, 0.29) is 11.8 Å². The molecule has 16 heavy (non-hydrogen) atoms. The van der Waals surface area contributed by atoms with Crippen molar-refractivity contribution in [1.82, 2.24) is 9.80 Å². The summed E-state index contributed by atoms with van der Waals surface area (Å²) < 4.78 is 0. The van der Waals surface area contributed by atoms with Crippen molar-refractivity contribution < 1.29 is 9.59 Å². The van der Waals surface area contributed by atoms with Crippen LogP contribution in [0.3, 0.4) is 0 Å². The summed E-state index contributed by atoms with van der Waals surface area (Å²) in [5.41, 5.74) is -1.16. The molecular weight excluding hydrogens is 204 g/mol. The largest absolute Gasteiger partial charge is 0.342 e. The molecule has 1 fully saturated rings. The summed E-state index contributed by atoms with van der Waals surface area (Å²) in [5, 5.41) is 0. The number of carbonyl (C=O) groups is 2. The molecule has 4 nitrogen and oxygen atoms in total. The van der Waals surface area contributed by atoms with Gasteiger partial charge in [0.1, 0.15) is 5.54 Å². The van der Waals surface area contributed by atoms with Gasteiger partial charge in [0.2, 0.25) is 11.8 Å². The zero-order valence-electron chi connectivity index (χ0n) is 11.1. The van der Waals surface area contributed by atoms with Crippen LogP contribution in [0.25, 0.3) is 0 Å². The van der Waals surface area contributed by atoms with Crippen LogP contribution >= 0.6 is 0 Å². The number of carbonyl (C=O) groups excluding carboxylic acids is 2. The molecule has 1 aliphatic rings. The average Bonchev–Trinajstić information content (AvgIpc) is 2.12. The van der Waals surface area contributed by atoms with Gasteiger partial charge in [-0.05, 0) is 13.8 Å². The Hall–Kier alpha value is -1.06. The lowest BCUT2D eigenvalue weighted by atomic mass is 9.89. The molecule has 1 aliphatic heterocycles. The highest BCUT2D eigenvalue weighted by Crippen LogP contribution is 2.27. The van der Waals surface area contributed by atoms with Crippen LogP contribution < -0.4 is 0 Å². The summed E-state index contributed by atoms with van der Waals surface area (Å²) in [4.78, 5) is 27.7. The number of likely N-dealkylation sites (N-methyl/N-ethyl adjacent to an activating group) is 1. The Morgan fingerprint density at radius 3 is 2.19 bits per heavy atom. The van der Waals surface area contributed by atoms with E-state index in [0.717, 1.165) is 0 Å². The number of nitrogens with zero attached hydrogens (tertiary/aromatic N) is 2. The Bertz CT molecular complexity index is 315. The summed E-state index contributed by atoms with van der Waals surface area (Å²) in [6.45, 7) is 10.5. The van der Waals surface area contributed by atoms with Gasteiger partial charge in [-0.25, -0.2) is 0 Å². The summed E-state index contributed by atoms with van der Waals surface area (Å²) in [6.07, 6.45) is 0. The first kappa shape index (κ1) is 13.0. The molecule has 92 valence electrons. The molecule has 0 bridgehead atoms. The molecule has 0 N–H and O–H groups in total. The fourth-order valence-corrected chi connectivity index (χ4v) is 1.97. The Morgan fingerprint density at radius 1 is 1.25 bits per heavy atom. The third-order valence-electron chi connectivity index (χ3n) is 3.09. The number of amides is 2. The number of hydrogen-bond donors (Lipinski definition) is 0. The predicted molar refractivity (Wildman–Crippen MR) is 62.9 cm³/mol. The molecule has 0 aromatic carbocycles. The van der Waals surface area contributed by atoms with Crippen LogP contribution in [0.15, 0.2) is 0 Å². The standard InChI is InChI=1S/C12H22N2O2/c1-11(2,3)9(15)14-8-7-13(6)10(16)12(14,4)5/h7-8H2,1-6H3. The second-order valence-electron chi connectivity index (χ2n) is 5.99. The number of piperazine rings is 1. The zero-order valence-corrected chi connectivity index (χ0v) is 11.1. The van der Waals surface area contributed by atoms with Gasteiger partial charge in [0.15, 0.2) is 0 Å². The molecule has 1 rings (SSSR count). The van der Waals surface area contributed by atoms with Crippen molar-refractivity contribution in [2.24, 2.45) is 5.41 Å². The molecular formula is C12H22N2O2. The van der Waals surface area contributed by atoms with Gasteiger partial charge in [-0.3, -0.25) is 9.59 Å². The first-order chi connectivity index (χ1) is 7.08. The van der Waals surface area contributed by atoms with Gasteiger partial charge in [0.25, 0.3) is 0 Å². The zero-order chi connectivity index (χ0) is 12.7. The van der Waals surface area contributed by atoms with E-state index in [2.05, 4.69) is 0 Å². The van der Waals surface area contributed by atoms with Crippen molar-refractivity contribution >= 4 is 11.8 Å². The Morgan fingerprint density at radius 2 is 1.75 bits per heavy atom. The Labute approximate surface area is 97.6 Å². The van der Waals surface area contributed by atoms with Crippen LogP contribution in [0.2, 0.25) is 0 Å².